The average molecular weight is 259 g/mol. The van der Waals surface area contributed by atoms with Crippen molar-refractivity contribution < 1.29 is 0 Å². The van der Waals surface area contributed by atoms with E-state index in [1.54, 1.807) is 6.21 Å². The van der Waals surface area contributed by atoms with Gasteiger partial charge in [-0.3, -0.25) is 5.10 Å². The van der Waals surface area contributed by atoms with E-state index in [0.29, 0.717) is 11.0 Å². The van der Waals surface area contributed by atoms with Gasteiger partial charge in [0.25, 0.3) is 0 Å². The zero-order valence-electron chi connectivity index (χ0n) is 9.74. The minimum absolute atomic E-state index is 0.590. The molecular weight excluding hydrogens is 248 g/mol. The largest absolute Gasteiger partial charge is 0.345 e. The number of aryl methyl sites for hydroxylation is 1. The summed E-state index contributed by atoms with van der Waals surface area (Å²) in [6, 6.07) is 9.81. The van der Waals surface area contributed by atoms with Gasteiger partial charge in [-0.25, -0.2) is 4.99 Å². The van der Waals surface area contributed by atoms with Crippen molar-refractivity contribution >= 4 is 34.5 Å². The van der Waals surface area contributed by atoms with Gasteiger partial charge in [-0.1, -0.05) is 29.8 Å². The highest BCUT2D eigenvalue weighted by Gasteiger charge is 2.06. The van der Waals surface area contributed by atoms with E-state index in [0.717, 1.165) is 22.2 Å². The van der Waals surface area contributed by atoms with Crippen LogP contribution in [0.25, 0.3) is 10.9 Å². The van der Waals surface area contributed by atoms with Gasteiger partial charge in [0, 0.05) is 34.4 Å². The number of aromatic amines is 2. The van der Waals surface area contributed by atoms with Gasteiger partial charge in [-0.05, 0) is 13.0 Å². The first-order valence-corrected chi connectivity index (χ1v) is 5.94. The summed E-state index contributed by atoms with van der Waals surface area (Å²) in [6.07, 6.45) is 1.73. The molecule has 4 nitrogen and oxygen atoms in total. The van der Waals surface area contributed by atoms with Crippen molar-refractivity contribution in [1.29, 1.82) is 0 Å². The third kappa shape index (κ3) is 1.91. The van der Waals surface area contributed by atoms with Crippen molar-refractivity contribution in [1.82, 2.24) is 15.2 Å². The van der Waals surface area contributed by atoms with Crippen LogP contribution >= 0.6 is 11.6 Å². The maximum absolute atomic E-state index is 6.16. The predicted molar refractivity (Wildman–Crippen MR) is 73.9 cm³/mol. The van der Waals surface area contributed by atoms with E-state index in [1.165, 1.54) is 0 Å². The normalized spacial score (nSPS) is 11.7. The average Bonchev–Trinajstić information content (AvgIpc) is 2.90. The van der Waals surface area contributed by atoms with Crippen LogP contribution in [-0.4, -0.2) is 21.4 Å². The van der Waals surface area contributed by atoms with Gasteiger partial charge < -0.3 is 4.98 Å². The monoisotopic (exact) mass is 258 g/mol. The summed E-state index contributed by atoms with van der Waals surface area (Å²) in [7, 11) is 0. The third-order valence-electron chi connectivity index (χ3n) is 2.72. The van der Waals surface area contributed by atoms with Crippen LogP contribution in [0, 0.1) is 6.92 Å². The Morgan fingerprint density at radius 1 is 1.33 bits per heavy atom. The van der Waals surface area contributed by atoms with Crippen LogP contribution in [0.15, 0.2) is 35.3 Å². The molecule has 2 aromatic heterocycles. The standard InChI is InChI=1S/C13H11ClN4/c1-8-6-12(18-17-8)15-7-10-9-4-2-3-5-11(9)16-13(10)14/h2-7,16H,1H3,(H,17,18). The molecule has 0 aliphatic rings. The molecule has 0 fully saturated rings. The Morgan fingerprint density at radius 2 is 2.17 bits per heavy atom. The molecule has 1 aromatic carbocycles. The van der Waals surface area contributed by atoms with E-state index in [4.69, 9.17) is 11.6 Å². The number of rotatable bonds is 2. The first-order chi connectivity index (χ1) is 8.74. The van der Waals surface area contributed by atoms with Gasteiger partial charge in [-0.15, -0.1) is 0 Å². The Kier molecular flexibility index (Phi) is 2.64. The molecule has 0 atom stereocenters. The number of H-pyrrole nitrogens is 2. The first kappa shape index (κ1) is 11.0. The van der Waals surface area contributed by atoms with E-state index in [-0.39, 0.29) is 0 Å². The quantitative estimate of drug-likeness (QED) is 0.678. The Labute approximate surface area is 109 Å². The van der Waals surface area contributed by atoms with Crippen molar-refractivity contribution in [2.45, 2.75) is 6.92 Å². The summed E-state index contributed by atoms with van der Waals surface area (Å²) >= 11 is 6.16. The minimum Gasteiger partial charge on any atom is -0.345 e. The summed E-state index contributed by atoms with van der Waals surface area (Å²) in [5, 5.41) is 8.54. The molecule has 0 amide bonds. The topological polar surface area (TPSA) is 56.8 Å². The number of nitrogens with zero attached hydrogens (tertiary/aromatic N) is 2. The maximum atomic E-state index is 6.16. The highest BCUT2D eigenvalue weighted by molar-refractivity contribution is 6.34. The Balaban J connectivity index is 2.04. The second kappa shape index (κ2) is 4.31. The number of hydrogen-bond acceptors (Lipinski definition) is 2. The molecule has 90 valence electrons. The number of aromatic nitrogens is 3. The molecular formula is C13H11ClN4. The van der Waals surface area contributed by atoms with Gasteiger partial charge in [0.05, 0.1) is 0 Å². The smallest absolute Gasteiger partial charge is 0.173 e. The van der Waals surface area contributed by atoms with Crippen molar-refractivity contribution in [3.63, 3.8) is 0 Å². The van der Waals surface area contributed by atoms with Crippen LogP contribution in [0.5, 0.6) is 0 Å². The molecule has 0 saturated carbocycles. The second-order valence-corrected chi connectivity index (χ2v) is 4.44. The fourth-order valence-corrected chi connectivity index (χ4v) is 2.11. The van der Waals surface area contributed by atoms with Gasteiger partial charge in [0.1, 0.15) is 5.15 Å². The highest BCUT2D eigenvalue weighted by atomic mass is 35.5. The number of para-hydroxylation sites is 1. The summed E-state index contributed by atoms with van der Waals surface area (Å²) in [5.41, 5.74) is 2.86. The second-order valence-electron chi connectivity index (χ2n) is 4.07. The van der Waals surface area contributed by atoms with Crippen molar-refractivity contribution in [3.8, 4) is 0 Å². The van der Waals surface area contributed by atoms with E-state index >= 15 is 0 Å². The number of nitrogens with one attached hydrogen (secondary N) is 2. The third-order valence-corrected chi connectivity index (χ3v) is 3.01. The Morgan fingerprint density at radius 3 is 2.94 bits per heavy atom. The van der Waals surface area contributed by atoms with E-state index in [9.17, 15) is 0 Å². The van der Waals surface area contributed by atoms with E-state index < -0.39 is 0 Å². The van der Waals surface area contributed by atoms with Crippen molar-refractivity contribution in [3.05, 3.63) is 46.7 Å². The Hall–Kier alpha value is -2.07. The molecule has 3 aromatic rings. The lowest BCUT2D eigenvalue weighted by Crippen LogP contribution is -1.79. The maximum Gasteiger partial charge on any atom is 0.173 e. The number of hydrogen-bond donors (Lipinski definition) is 2. The molecule has 18 heavy (non-hydrogen) atoms. The lowest BCUT2D eigenvalue weighted by molar-refractivity contribution is 1.04. The number of benzene rings is 1. The summed E-state index contributed by atoms with van der Waals surface area (Å²) in [5.74, 6) is 0.647. The number of fused-ring (bicyclic) bond motifs is 1. The van der Waals surface area contributed by atoms with Crippen LogP contribution < -0.4 is 0 Å². The summed E-state index contributed by atoms with van der Waals surface area (Å²) in [4.78, 5) is 7.42. The molecule has 0 aliphatic carbocycles. The van der Waals surface area contributed by atoms with Crippen molar-refractivity contribution in [2.24, 2.45) is 4.99 Å². The summed E-state index contributed by atoms with van der Waals surface area (Å²) in [6.45, 7) is 1.94. The lowest BCUT2D eigenvalue weighted by atomic mass is 10.2. The molecule has 0 radical (unpaired) electrons. The van der Waals surface area contributed by atoms with Gasteiger partial charge in [0.2, 0.25) is 0 Å². The molecule has 0 aliphatic heterocycles. The van der Waals surface area contributed by atoms with Crippen LogP contribution in [-0.2, 0) is 0 Å². The molecule has 0 unspecified atom stereocenters. The zero-order chi connectivity index (χ0) is 12.5. The highest BCUT2D eigenvalue weighted by Crippen LogP contribution is 2.24. The minimum atomic E-state index is 0.590. The molecule has 0 bridgehead atoms. The summed E-state index contributed by atoms with van der Waals surface area (Å²) < 4.78 is 0. The Bertz CT molecular complexity index is 724. The molecule has 2 N–H and O–H groups in total. The van der Waals surface area contributed by atoms with Crippen LogP contribution in [0.1, 0.15) is 11.3 Å². The van der Waals surface area contributed by atoms with E-state index in [2.05, 4.69) is 20.2 Å². The molecule has 2 heterocycles. The van der Waals surface area contributed by atoms with Gasteiger partial charge in [0.15, 0.2) is 5.82 Å². The fourth-order valence-electron chi connectivity index (χ4n) is 1.86. The molecule has 3 rings (SSSR count). The first-order valence-electron chi connectivity index (χ1n) is 5.56. The molecule has 0 spiro atoms. The molecule has 5 heteroatoms. The fraction of sp³-hybridized carbons (Fsp3) is 0.0769. The molecule has 0 saturated heterocycles. The van der Waals surface area contributed by atoms with Crippen LogP contribution in [0.2, 0.25) is 5.15 Å². The van der Waals surface area contributed by atoms with Gasteiger partial charge in [-0.2, -0.15) is 5.10 Å². The van der Waals surface area contributed by atoms with Crippen LogP contribution in [0.4, 0.5) is 5.82 Å². The number of halogens is 1. The van der Waals surface area contributed by atoms with Crippen LogP contribution in [0.3, 0.4) is 0 Å². The SMILES string of the molecule is Cc1cc(N=Cc2c(Cl)[nH]c3ccccc23)n[nH]1. The lowest BCUT2D eigenvalue weighted by Gasteiger charge is -1.90. The predicted octanol–water partition coefficient (Wildman–Crippen LogP) is 3.60. The van der Waals surface area contributed by atoms with Crippen molar-refractivity contribution in [2.75, 3.05) is 0 Å². The van der Waals surface area contributed by atoms with E-state index in [1.807, 2.05) is 37.3 Å². The van der Waals surface area contributed by atoms with Gasteiger partial charge >= 0.3 is 0 Å². The number of aliphatic imine (C=N–C) groups is 1. The zero-order valence-corrected chi connectivity index (χ0v) is 10.5.